The fourth-order valence-electron chi connectivity index (χ4n) is 4.43. The van der Waals surface area contributed by atoms with Crippen LogP contribution in [0.2, 0.25) is 0 Å². The van der Waals surface area contributed by atoms with Gasteiger partial charge in [-0.3, -0.25) is 0 Å². The van der Waals surface area contributed by atoms with Crippen molar-refractivity contribution in [3.05, 3.63) is 30.4 Å². The first-order valence-electron chi connectivity index (χ1n) is 9.41. The predicted octanol–water partition coefficient (Wildman–Crippen LogP) is 3.63. The van der Waals surface area contributed by atoms with Gasteiger partial charge >= 0.3 is 0 Å². The molecule has 0 atom stereocenters. The van der Waals surface area contributed by atoms with E-state index in [0.29, 0.717) is 5.92 Å². The standard InChI is InChI=1S/C19H25N5/c1-2-15(3-1)21-10-13-4-6-14(7-5-13)17-11-23-24-12-22-19-16(18(17)24)8-9-20-19/h8-9,11-15,20-21H,1-7,10H2/t13-,14-. The first kappa shape index (κ1) is 14.5. The summed E-state index contributed by atoms with van der Waals surface area (Å²) in [4.78, 5) is 7.65. The number of aromatic nitrogens is 4. The summed E-state index contributed by atoms with van der Waals surface area (Å²) in [5.41, 5.74) is 3.62. The van der Waals surface area contributed by atoms with Gasteiger partial charge in [0.2, 0.25) is 0 Å². The largest absolute Gasteiger partial charge is 0.346 e. The fourth-order valence-corrected chi connectivity index (χ4v) is 4.43. The van der Waals surface area contributed by atoms with E-state index >= 15 is 0 Å². The molecule has 3 heterocycles. The maximum atomic E-state index is 4.55. The Labute approximate surface area is 141 Å². The minimum absolute atomic E-state index is 0.642. The molecule has 0 aliphatic heterocycles. The molecule has 24 heavy (non-hydrogen) atoms. The van der Waals surface area contributed by atoms with Gasteiger partial charge in [-0.05, 0) is 63.0 Å². The quantitative estimate of drug-likeness (QED) is 0.771. The molecule has 0 bridgehead atoms. The van der Waals surface area contributed by atoms with Gasteiger partial charge in [-0.25, -0.2) is 9.50 Å². The Balaban J connectivity index is 1.32. The van der Waals surface area contributed by atoms with Crippen molar-refractivity contribution in [1.29, 1.82) is 0 Å². The second-order valence-corrected chi connectivity index (χ2v) is 7.63. The van der Waals surface area contributed by atoms with Crippen LogP contribution in [0.15, 0.2) is 24.8 Å². The van der Waals surface area contributed by atoms with Gasteiger partial charge in [0, 0.05) is 23.2 Å². The molecule has 0 aromatic carbocycles. The molecule has 2 saturated carbocycles. The van der Waals surface area contributed by atoms with Gasteiger partial charge < -0.3 is 10.3 Å². The van der Waals surface area contributed by atoms with Gasteiger partial charge in [-0.15, -0.1) is 0 Å². The monoisotopic (exact) mass is 323 g/mol. The van der Waals surface area contributed by atoms with E-state index in [9.17, 15) is 0 Å². The summed E-state index contributed by atoms with van der Waals surface area (Å²) in [5, 5.41) is 9.50. The predicted molar refractivity (Wildman–Crippen MR) is 95.2 cm³/mol. The highest BCUT2D eigenvalue weighted by molar-refractivity contribution is 5.93. The summed E-state index contributed by atoms with van der Waals surface area (Å²) in [6, 6.07) is 2.94. The van der Waals surface area contributed by atoms with Crippen molar-refractivity contribution in [3.63, 3.8) is 0 Å². The van der Waals surface area contributed by atoms with Crippen molar-refractivity contribution in [3.8, 4) is 0 Å². The molecule has 126 valence electrons. The minimum atomic E-state index is 0.642. The number of hydrogen-bond acceptors (Lipinski definition) is 3. The van der Waals surface area contributed by atoms with Gasteiger partial charge in [0.25, 0.3) is 0 Å². The lowest BCUT2D eigenvalue weighted by molar-refractivity contribution is 0.270. The van der Waals surface area contributed by atoms with Crippen LogP contribution >= 0.6 is 0 Å². The number of H-pyrrole nitrogens is 1. The van der Waals surface area contributed by atoms with E-state index in [-0.39, 0.29) is 0 Å². The third kappa shape index (κ3) is 2.42. The van der Waals surface area contributed by atoms with Crippen molar-refractivity contribution in [2.75, 3.05) is 6.54 Å². The maximum Gasteiger partial charge on any atom is 0.141 e. The molecule has 0 spiro atoms. The van der Waals surface area contributed by atoms with Crippen LogP contribution in [-0.4, -0.2) is 32.2 Å². The Kier molecular flexibility index (Phi) is 3.55. The topological polar surface area (TPSA) is 58.0 Å². The normalized spacial score (nSPS) is 25.3. The maximum absolute atomic E-state index is 4.55. The molecule has 0 unspecified atom stereocenters. The zero-order valence-corrected chi connectivity index (χ0v) is 14.0. The van der Waals surface area contributed by atoms with Crippen LogP contribution in [0.5, 0.6) is 0 Å². The zero-order chi connectivity index (χ0) is 15.9. The lowest BCUT2D eigenvalue weighted by Gasteiger charge is -2.32. The highest BCUT2D eigenvalue weighted by Crippen LogP contribution is 2.38. The second kappa shape index (κ2) is 5.88. The summed E-state index contributed by atoms with van der Waals surface area (Å²) >= 11 is 0. The third-order valence-electron chi connectivity index (χ3n) is 6.19. The number of nitrogens with zero attached hydrogens (tertiary/aromatic N) is 3. The van der Waals surface area contributed by atoms with Crippen LogP contribution in [0.1, 0.15) is 56.4 Å². The summed E-state index contributed by atoms with van der Waals surface area (Å²) < 4.78 is 1.94. The van der Waals surface area contributed by atoms with Crippen LogP contribution < -0.4 is 5.32 Å². The molecule has 5 nitrogen and oxygen atoms in total. The van der Waals surface area contributed by atoms with Crippen molar-refractivity contribution < 1.29 is 0 Å². The molecule has 5 rings (SSSR count). The molecule has 5 heteroatoms. The zero-order valence-electron chi connectivity index (χ0n) is 14.0. The van der Waals surface area contributed by atoms with E-state index in [4.69, 9.17) is 0 Å². The van der Waals surface area contributed by atoms with Gasteiger partial charge in [0.1, 0.15) is 12.0 Å². The van der Waals surface area contributed by atoms with Gasteiger partial charge in [0.15, 0.2) is 0 Å². The number of fused-ring (bicyclic) bond motifs is 3. The average Bonchev–Trinajstić information content (AvgIpc) is 3.20. The Bertz CT molecular complexity index is 836. The lowest BCUT2D eigenvalue weighted by atomic mass is 9.78. The number of rotatable bonds is 4. The van der Waals surface area contributed by atoms with Crippen LogP contribution in [0.25, 0.3) is 16.6 Å². The van der Waals surface area contributed by atoms with Crippen LogP contribution in [0.3, 0.4) is 0 Å². The minimum Gasteiger partial charge on any atom is -0.346 e. The molecule has 2 fully saturated rings. The molecular weight excluding hydrogens is 298 g/mol. The Morgan fingerprint density at radius 3 is 2.83 bits per heavy atom. The first-order chi connectivity index (χ1) is 11.9. The van der Waals surface area contributed by atoms with Gasteiger partial charge in [-0.1, -0.05) is 6.42 Å². The number of aromatic amines is 1. The first-order valence-corrected chi connectivity index (χ1v) is 9.41. The molecule has 0 saturated heterocycles. The van der Waals surface area contributed by atoms with E-state index in [0.717, 1.165) is 17.6 Å². The molecule has 0 radical (unpaired) electrons. The van der Waals surface area contributed by atoms with E-state index in [1.165, 1.54) is 68.0 Å². The molecular formula is C19H25N5. The molecule has 3 aromatic rings. The van der Waals surface area contributed by atoms with E-state index in [1.807, 2.05) is 17.0 Å². The molecule has 2 aliphatic rings. The fraction of sp³-hybridized carbons (Fsp3) is 0.579. The van der Waals surface area contributed by atoms with Gasteiger partial charge in [-0.2, -0.15) is 5.10 Å². The van der Waals surface area contributed by atoms with E-state index < -0.39 is 0 Å². The highest BCUT2D eigenvalue weighted by atomic mass is 15.2. The van der Waals surface area contributed by atoms with Crippen molar-refractivity contribution >= 4 is 16.6 Å². The summed E-state index contributed by atoms with van der Waals surface area (Å²) in [6.45, 7) is 1.22. The van der Waals surface area contributed by atoms with Crippen molar-refractivity contribution in [2.24, 2.45) is 5.92 Å². The number of hydrogen-bond donors (Lipinski definition) is 2. The van der Waals surface area contributed by atoms with E-state index in [1.54, 1.807) is 0 Å². The SMILES string of the molecule is c1cc2c(ncn3ncc([C@H]4CC[C@H](CNC5CCC5)CC4)c23)[nH]1. The Morgan fingerprint density at radius 2 is 2.04 bits per heavy atom. The lowest BCUT2D eigenvalue weighted by Crippen LogP contribution is -2.38. The second-order valence-electron chi connectivity index (χ2n) is 7.63. The smallest absolute Gasteiger partial charge is 0.141 e. The summed E-state index contributed by atoms with van der Waals surface area (Å²) in [6.07, 6.45) is 15.3. The van der Waals surface area contributed by atoms with Crippen LogP contribution in [-0.2, 0) is 0 Å². The Morgan fingerprint density at radius 1 is 1.17 bits per heavy atom. The summed E-state index contributed by atoms with van der Waals surface area (Å²) in [5.74, 6) is 1.50. The molecule has 2 aliphatic carbocycles. The molecule has 2 N–H and O–H groups in total. The van der Waals surface area contributed by atoms with Gasteiger partial charge in [0.05, 0.1) is 11.7 Å². The van der Waals surface area contributed by atoms with Crippen molar-refractivity contribution in [2.45, 2.75) is 56.9 Å². The van der Waals surface area contributed by atoms with E-state index in [2.05, 4.69) is 32.6 Å². The van der Waals surface area contributed by atoms with Crippen molar-refractivity contribution in [1.82, 2.24) is 24.9 Å². The van der Waals surface area contributed by atoms with Crippen LogP contribution in [0, 0.1) is 5.92 Å². The molecule has 3 aromatic heterocycles. The Hall–Kier alpha value is -1.88. The highest BCUT2D eigenvalue weighted by Gasteiger charge is 2.26. The average molecular weight is 323 g/mol. The molecule has 0 amide bonds. The third-order valence-corrected chi connectivity index (χ3v) is 6.19. The summed E-state index contributed by atoms with van der Waals surface area (Å²) in [7, 11) is 0. The number of nitrogens with one attached hydrogen (secondary N) is 2. The van der Waals surface area contributed by atoms with Crippen LogP contribution in [0.4, 0.5) is 0 Å².